The summed E-state index contributed by atoms with van der Waals surface area (Å²) in [6.45, 7) is 10.8. The molecule has 0 aromatic heterocycles. The first-order valence-corrected chi connectivity index (χ1v) is 9.68. The van der Waals surface area contributed by atoms with Gasteiger partial charge < -0.3 is 15.1 Å². The molecule has 1 aliphatic rings. The second-order valence-corrected chi connectivity index (χ2v) is 7.53. The molecule has 0 bridgehead atoms. The number of amides is 1. The van der Waals surface area contributed by atoms with Gasteiger partial charge in [0.2, 0.25) is 5.91 Å². The summed E-state index contributed by atoms with van der Waals surface area (Å²) >= 11 is 0. The van der Waals surface area contributed by atoms with Crippen molar-refractivity contribution in [3.8, 4) is 0 Å². The summed E-state index contributed by atoms with van der Waals surface area (Å²) in [6.07, 6.45) is 0.594. The van der Waals surface area contributed by atoms with E-state index in [9.17, 15) is 4.79 Å². The second kappa shape index (κ2) is 8.97. The first-order valence-electron chi connectivity index (χ1n) is 9.68. The molecule has 1 saturated heterocycles. The Morgan fingerprint density at radius 2 is 1.65 bits per heavy atom. The predicted octanol–water partition coefficient (Wildman–Crippen LogP) is 0.616. The zero-order valence-corrected chi connectivity index (χ0v) is 16.0. The zero-order chi connectivity index (χ0) is 18.4. The lowest BCUT2D eigenvalue weighted by atomic mass is 10.1. The molecule has 0 saturated carbocycles. The fourth-order valence-corrected chi connectivity index (χ4v) is 3.64. The number of hydrogen-bond donors (Lipinski definition) is 3. The van der Waals surface area contributed by atoms with Crippen LogP contribution in [0.5, 0.6) is 0 Å². The van der Waals surface area contributed by atoms with Crippen molar-refractivity contribution in [2.75, 3.05) is 38.0 Å². The number of aryl methyl sites for hydroxylation is 2. The predicted molar refractivity (Wildman–Crippen MR) is 106 cm³/mol. The number of carbonyl (C=O) groups excluding carboxylic acids is 1. The van der Waals surface area contributed by atoms with Crippen molar-refractivity contribution in [3.05, 3.63) is 65.2 Å². The Bertz CT molecular complexity index is 721. The normalized spacial score (nSPS) is 19.9. The highest BCUT2D eigenvalue weighted by molar-refractivity contribution is 5.91. The number of quaternary nitrogens is 2. The Morgan fingerprint density at radius 1 is 0.962 bits per heavy atom. The maximum absolute atomic E-state index is 12.3. The maximum atomic E-state index is 12.3. The number of hydrogen-bond acceptors (Lipinski definition) is 1. The molecule has 3 N–H and O–H groups in total. The quantitative estimate of drug-likeness (QED) is 0.700. The van der Waals surface area contributed by atoms with Crippen LogP contribution in [0, 0.1) is 13.8 Å². The van der Waals surface area contributed by atoms with Gasteiger partial charge in [-0.3, -0.25) is 4.79 Å². The van der Waals surface area contributed by atoms with Crippen LogP contribution in [0.25, 0.3) is 0 Å². The van der Waals surface area contributed by atoms with E-state index in [0.717, 1.165) is 37.4 Å². The number of piperazine rings is 1. The van der Waals surface area contributed by atoms with Gasteiger partial charge >= 0.3 is 0 Å². The summed E-state index contributed by atoms with van der Waals surface area (Å²) in [5.41, 5.74) is 4.66. The third-order valence-corrected chi connectivity index (χ3v) is 5.33. The molecule has 1 fully saturated rings. The molecule has 1 amide bonds. The average molecular weight is 354 g/mol. The van der Waals surface area contributed by atoms with E-state index in [-0.39, 0.29) is 5.91 Å². The Morgan fingerprint density at radius 3 is 2.38 bits per heavy atom. The lowest BCUT2D eigenvalue weighted by Gasteiger charge is -2.29. The molecule has 0 spiro atoms. The summed E-state index contributed by atoms with van der Waals surface area (Å²) in [5.74, 6) is 0.130. The molecule has 1 aliphatic heterocycles. The summed E-state index contributed by atoms with van der Waals surface area (Å²) in [7, 11) is 0. The van der Waals surface area contributed by atoms with E-state index in [0.29, 0.717) is 6.42 Å². The summed E-state index contributed by atoms with van der Waals surface area (Å²) in [5, 5.41) is 3.07. The molecule has 0 atom stereocenters. The van der Waals surface area contributed by atoms with Crippen LogP contribution in [0.15, 0.2) is 48.5 Å². The van der Waals surface area contributed by atoms with E-state index < -0.39 is 0 Å². The fraction of sp³-hybridized carbons (Fsp3) is 0.409. The van der Waals surface area contributed by atoms with Crippen LogP contribution >= 0.6 is 0 Å². The van der Waals surface area contributed by atoms with Gasteiger partial charge in [0.05, 0.1) is 13.0 Å². The second-order valence-electron chi connectivity index (χ2n) is 7.53. The number of rotatable bonds is 6. The molecule has 0 radical (unpaired) electrons. The van der Waals surface area contributed by atoms with E-state index in [1.165, 1.54) is 24.2 Å². The molecule has 138 valence electrons. The molecule has 26 heavy (non-hydrogen) atoms. The van der Waals surface area contributed by atoms with Gasteiger partial charge in [0.1, 0.15) is 32.7 Å². The molecule has 4 heteroatoms. The zero-order valence-electron chi connectivity index (χ0n) is 16.0. The SMILES string of the molecule is Cc1ccc(C)c(NC(=O)CC[NH+]2CC[NH+](Cc3ccccc3)CC2)c1. The van der Waals surface area contributed by atoms with Gasteiger partial charge in [0, 0.05) is 11.3 Å². The highest BCUT2D eigenvalue weighted by atomic mass is 16.1. The van der Waals surface area contributed by atoms with E-state index >= 15 is 0 Å². The first kappa shape index (κ1) is 18.6. The van der Waals surface area contributed by atoms with E-state index in [1.807, 2.05) is 13.0 Å². The van der Waals surface area contributed by atoms with Crippen molar-refractivity contribution in [1.82, 2.24) is 0 Å². The highest BCUT2D eigenvalue weighted by Gasteiger charge is 2.23. The van der Waals surface area contributed by atoms with Crippen LogP contribution in [-0.2, 0) is 11.3 Å². The van der Waals surface area contributed by atoms with Gasteiger partial charge in [-0.2, -0.15) is 0 Å². The van der Waals surface area contributed by atoms with Gasteiger partial charge in [-0.1, -0.05) is 42.5 Å². The standard InChI is InChI=1S/C22H29N3O/c1-18-8-9-19(2)21(16-18)23-22(26)10-11-24-12-14-25(15-13-24)17-20-6-4-3-5-7-20/h3-9,16H,10-15,17H2,1-2H3,(H,23,26)/p+2. The van der Waals surface area contributed by atoms with E-state index in [1.54, 1.807) is 9.80 Å². The van der Waals surface area contributed by atoms with Gasteiger partial charge in [0.25, 0.3) is 0 Å². The van der Waals surface area contributed by atoms with Crippen LogP contribution in [0.2, 0.25) is 0 Å². The lowest BCUT2D eigenvalue weighted by molar-refractivity contribution is -1.02. The molecule has 0 unspecified atom stereocenters. The van der Waals surface area contributed by atoms with Crippen molar-refractivity contribution >= 4 is 11.6 Å². The monoisotopic (exact) mass is 353 g/mol. The molecule has 0 aliphatic carbocycles. The van der Waals surface area contributed by atoms with Gasteiger partial charge in [-0.25, -0.2) is 0 Å². The van der Waals surface area contributed by atoms with Crippen LogP contribution < -0.4 is 15.1 Å². The van der Waals surface area contributed by atoms with Gasteiger partial charge in [0.15, 0.2) is 0 Å². The average Bonchev–Trinajstić information content (AvgIpc) is 2.65. The molecular weight excluding hydrogens is 322 g/mol. The van der Waals surface area contributed by atoms with Crippen molar-refractivity contribution in [2.24, 2.45) is 0 Å². The third kappa shape index (κ3) is 5.41. The smallest absolute Gasteiger partial charge is 0.230 e. The third-order valence-electron chi connectivity index (χ3n) is 5.33. The summed E-state index contributed by atoms with van der Waals surface area (Å²) < 4.78 is 0. The Balaban J connectivity index is 1.39. The molecule has 2 aromatic rings. The molecule has 2 aromatic carbocycles. The van der Waals surface area contributed by atoms with Gasteiger partial charge in [-0.05, 0) is 31.0 Å². The summed E-state index contributed by atoms with van der Waals surface area (Å²) in [6, 6.07) is 16.9. The van der Waals surface area contributed by atoms with Crippen LogP contribution in [0.1, 0.15) is 23.1 Å². The Kier molecular flexibility index (Phi) is 6.42. The van der Waals surface area contributed by atoms with Crippen molar-refractivity contribution in [2.45, 2.75) is 26.8 Å². The largest absolute Gasteiger partial charge is 0.326 e. The molecule has 3 rings (SSSR count). The lowest BCUT2D eigenvalue weighted by Crippen LogP contribution is -3.27. The molecule has 1 heterocycles. The topological polar surface area (TPSA) is 38.0 Å². The van der Waals surface area contributed by atoms with Crippen molar-refractivity contribution in [3.63, 3.8) is 0 Å². The Labute approximate surface area is 156 Å². The number of benzene rings is 2. The van der Waals surface area contributed by atoms with E-state index in [4.69, 9.17) is 0 Å². The molecular formula is C22H31N3O+2. The van der Waals surface area contributed by atoms with Crippen molar-refractivity contribution < 1.29 is 14.6 Å². The first-order chi connectivity index (χ1) is 12.6. The minimum absolute atomic E-state index is 0.130. The minimum atomic E-state index is 0.130. The van der Waals surface area contributed by atoms with Crippen LogP contribution in [0.4, 0.5) is 5.69 Å². The Hall–Kier alpha value is -2.17. The minimum Gasteiger partial charge on any atom is -0.326 e. The molecule has 4 nitrogen and oxygen atoms in total. The fourth-order valence-electron chi connectivity index (χ4n) is 3.64. The van der Waals surface area contributed by atoms with Crippen molar-refractivity contribution in [1.29, 1.82) is 0 Å². The number of anilines is 1. The summed E-state index contributed by atoms with van der Waals surface area (Å²) in [4.78, 5) is 15.5. The van der Waals surface area contributed by atoms with Crippen LogP contribution in [0.3, 0.4) is 0 Å². The van der Waals surface area contributed by atoms with E-state index in [2.05, 4.69) is 54.7 Å². The van der Waals surface area contributed by atoms with Crippen LogP contribution in [-0.4, -0.2) is 38.6 Å². The van der Waals surface area contributed by atoms with Gasteiger partial charge in [-0.15, -0.1) is 0 Å². The highest BCUT2D eigenvalue weighted by Crippen LogP contribution is 2.16. The number of carbonyl (C=O) groups is 1. The maximum Gasteiger partial charge on any atom is 0.230 e. The number of nitrogens with one attached hydrogen (secondary N) is 3.